The first kappa shape index (κ1) is 15.1. The maximum atomic E-state index is 12.5. The molecular formula is C14H18ClN5O2. The highest BCUT2D eigenvalue weighted by Gasteiger charge is 2.36. The van der Waals surface area contributed by atoms with Gasteiger partial charge in [0.25, 0.3) is 5.91 Å². The minimum absolute atomic E-state index is 0.0366. The number of halogens is 1. The van der Waals surface area contributed by atoms with Crippen LogP contribution in [-0.2, 0) is 6.42 Å². The number of aliphatic hydroxyl groups is 1. The zero-order valence-electron chi connectivity index (χ0n) is 12.4. The summed E-state index contributed by atoms with van der Waals surface area (Å²) in [7, 11) is 0. The van der Waals surface area contributed by atoms with Crippen LogP contribution in [0, 0.1) is 19.8 Å². The van der Waals surface area contributed by atoms with Crippen molar-refractivity contribution in [2.45, 2.75) is 26.4 Å². The average Bonchev–Trinajstić information content (AvgIpc) is 3.13. The van der Waals surface area contributed by atoms with Crippen LogP contribution in [0.15, 0.2) is 6.07 Å². The van der Waals surface area contributed by atoms with Gasteiger partial charge < -0.3 is 10.0 Å². The van der Waals surface area contributed by atoms with E-state index in [0.29, 0.717) is 23.7 Å². The van der Waals surface area contributed by atoms with Crippen molar-refractivity contribution in [3.63, 3.8) is 0 Å². The van der Waals surface area contributed by atoms with E-state index in [4.69, 9.17) is 11.6 Å². The van der Waals surface area contributed by atoms with Crippen molar-refractivity contribution in [3.8, 4) is 0 Å². The van der Waals surface area contributed by atoms with Crippen LogP contribution in [0.4, 0.5) is 0 Å². The molecule has 0 radical (unpaired) electrons. The first-order valence-corrected chi connectivity index (χ1v) is 7.52. The van der Waals surface area contributed by atoms with Gasteiger partial charge in [0.05, 0.1) is 22.5 Å². The molecule has 1 amide bonds. The summed E-state index contributed by atoms with van der Waals surface area (Å²) >= 11 is 6.07. The fourth-order valence-corrected chi connectivity index (χ4v) is 2.94. The van der Waals surface area contributed by atoms with E-state index in [0.717, 1.165) is 11.4 Å². The first-order valence-electron chi connectivity index (χ1n) is 7.14. The Morgan fingerprint density at radius 1 is 1.41 bits per heavy atom. The molecule has 118 valence electrons. The summed E-state index contributed by atoms with van der Waals surface area (Å²) in [6.07, 6.45) is 0.0579. The molecule has 2 aromatic heterocycles. The Morgan fingerprint density at radius 2 is 2.18 bits per heavy atom. The van der Waals surface area contributed by atoms with E-state index in [1.165, 1.54) is 0 Å². The molecule has 3 heterocycles. The number of hydrogen-bond acceptors (Lipinski definition) is 4. The Morgan fingerprint density at radius 3 is 2.77 bits per heavy atom. The molecule has 8 heteroatoms. The van der Waals surface area contributed by atoms with E-state index in [1.54, 1.807) is 11.8 Å². The Kier molecular flexibility index (Phi) is 3.92. The molecule has 0 aliphatic carbocycles. The monoisotopic (exact) mass is 323 g/mol. The highest BCUT2D eigenvalue weighted by atomic mass is 35.5. The van der Waals surface area contributed by atoms with Gasteiger partial charge in [-0.25, -0.2) is 0 Å². The standard InChI is InChI=1S/C14H18ClN5O2/c1-7-3-10(18-16-7)4-9-5-20(6-11(9)21)14(22)13-12(15)8(2)17-19-13/h3,9,11,21H,4-6H2,1-2H3,(H,16,18)(H,17,19)/t9-,11+/m1/s1. The highest BCUT2D eigenvalue weighted by Crippen LogP contribution is 2.25. The number of likely N-dealkylation sites (tertiary alicyclic amines) is 1. The number of aryl methyl sites for hydroxylation is 2. The van der Waals surface area contributed by atoms with Gasteiger partial charge in [0.2, 0.25) is 0 Å². The van der Waals surface area contributed by atoms with Gasteiger partial charge in [0.1, 0.15) is 0 Å². The minimum Gasteiger partial charge on any atom is -0.391 e. The maximum absolute atomic E-state index is 12.5. The molecule has 3 N–H and O–H groups in total. The number of nitrogens with one attached hydrogen (secondary N) is 2. The van der Waals surface area contributed by atoms with Crippen molar-refractivity contribution in [2.75, 3.05) is 13.1 Å². The highest BCUT2D eigenvalue weighted by molar-refractivity contribution is 6.34. The number of carbonyl (C=O) groups is 1. The fraction of sp³-hybridized carbons (Fsp3) is 0.500. The quantitative estimate of drug-likeness (QED) is 0.787. The third kappa shape index (κ3) is 2.74. The summed E-state index contributed by atoms with van der Waals surface area (Å²) < 4.78 is 0. The average molecular weight is 324 g/mol. The number of aromatic amines is 2. The molecule has 2 aromatic rings. The summed E-state index contributed by atoms with van der Waals surface area (Å²) in [6.45, 7) is 4.44. The predicted octanol–water partition coefficient (Wildman–Crippen LogP) is 1.08. The van der Waals surface area contributed by atoms with Gasteiger partial charge in [-0.2, -0.15) is 10.2 Å². The molecule has 1 aliphatic heterocycles. The first-order chi connectivity index (χ1) is 10.5. The molecule has 1 aliphatic rings. The number of H-pyrrole nitrogens is 2. The number of β-amino-alcohol motifs (C(OH)–C–C–N with tert-alkyl or cyclic N) is 1. The van der Waals surface area contributed by atoms with Crippen LogP contribution < -0.4 is 0 Å². The Hall–Kier alpha value is -1.86. The topological polar surface area (TPSA) is 97.9 Å². The van der Waals surface area contributed by atoms with Crippen LogP contribution in [0.1, 0.15) is 27.6 Å². The van der Waals surface area contributed by atoms with Crippen LogP contribution in [0.3, 0.4) is 0 Å². The zero-order valence-corrected chi connectivity index (χ0v) is 13.2. The van der Waals surface area contributed by atoms with Gasteiger partial charge in [-0.05, 0) is 26.3 Å². The Bertz CT molecular complexity index is 695. The summed E-state index contributed by atoms with van der Waals surface area (Å²) in [4.78, 5) is 14.0. The second-order valence-corrected chi connectivity index (χ2v) is 6.17. The Balaban J connectivity index is 1.70. The van der Waals surface area contributed by atoms with Crippen LogP contribution in [0.2, 0.25) is 5.02 Å². The molecule has 1 fully saturated rings. The lowest BCUT2D eigenvalue weighted by atomic mass is 10.0. The van der Waals surface area contributed by atoms with Crippen molar-refractivity contribution in [1.82, 2.24) is 25.3 Å². The van der Waals surface area contributed by atoms with Gasteiger partial charge in [-0.15, -0.1) is 0 Å². The van der Waals surface area contributed by atoms with E-state index in [9.17, 15) is 9.90 Å². The number of aliphatic hydroxyl groups excluding tert-OH is 1. The largest absolute Gasteiger partial charge is 0.391 e. The van der Waals surface area contributed by atoms with Crippen LogP contribution in [0.5, 0.6) is 0 Å². The molecule has 2 atom stereocenters. The lowest BCUT2D eigenvalue weighted by Gasteiger charge is -2.14. The van der Waals surface area contributed by atoms with Crippen LogP contribution in [0.25, 0.3) is 0 Å². The third-order valence-electron chi connectivity index (χ3n) is 4.00. The minimum atomic E-state index is -0.570. The summed E-state index contributed by atoms with van der Waals surface area (Å²) in [5.74, 6) is -0.292. The van der Waals surface area contributed by atoms with Crippen molar-refractivity contribution in [2.24, 2.45) is 5.92 Å². The maximum Gasteiger partial charge on any atom is 0.276 e. The van der Waals surface area contributed by atoms with E-state index in [1.807, 2.05) is 13.0 Å². The van der Waals surface area contributed by atoms with Crippen LogP contribution >= 0.6 is 11.6 Å². The van der Waals surface area contributed by atoms with Gasteiger partial charge in [0.15, 0.2) is 5.69 Å². The van der Waals surface area contributed by atoms with E-state index in [-0.39, 0.29) is 24.1 Å². The summed E-state index contributed by atoms with van der Waals surface area (Å²) in [5.41, 5.74) is 2.75. The van der Waals surface area contributed by atoms with E-state index < -0.39 is 6.10 Å². The molecule has 7 nitrogen and oxygen atoms in total. The van der Waals surface area contributed by atoms with Crippen molar-refractivity contribution in [1.29, 1.82) is 0 Å². The molecule has 0 saturated carbocycles. The molecule has 0 unspecified atom stereocenters. The normalized spacial score (nSPS) is 21.5. The number of rotatable bonds is 3. The van der Waals surface area contributed by atoms with Crippen molar-refractivity contribution in [3.05, 3.63) is 33.9 Å². The van der Waals surface area contributed by atoms with Crippen molar-refractivity contribution >= 4 is 17.5 Å². The SMILES string of the molecule is Cc1cc(C[C@@H]2CN(C(=O)c3n[nH]c(C)c3Cl)C[C@@H]2O)n[nH]1. The van der Waals surface area contributed by atoms with Gasteiger partial charge in [0, 0.05) is 24.7 Å². The Labute approximate surface area is 132 Å². The molecular weight excluding hydrogens is 306 g/mol. The lowest BCUT2D eigenvalue weighted by molar-refractivity contribution is 0.0759. The number of carbonyl (C=O) groups excluding carboxylic acids is 1. The molecule has 22 heavy (non-hydrogen) atoms. The molecule has 1 saturated heterocycles. The predicted molar refractivity (Wildman–Crippen MR) is 80.8 cm³/mol. The fourth-order valence-electron chi connectivity index (χ4n) is 2.78. The third-order valence-corrected chi connectivity index (χ3v) is 4.46. The number of hydrogen-bond donors (Lipinski definition) is 3. The molecule has 0 spiro atoms. The van der Waals surface area contributed by atoms with Crippen molar-refractivity contribution < 1.29 is 9.90 Å². The smallest absolute Gasteiger partial charge is 0.276 e. The molecule has 0 aromatic carbocycles. The van der Waals surface area contributed by atoms with Gasteiger partial charge in [-0.1, -0.05) is 11.6 Å². The van der Waals surface area contributed by atoms with Crippen LogP contribution in [-0.4, -0.2) is 55.5 Å². The summed E-state index contributed by atoms with van der Waals surface area (Å²) in [5, 5.41) is 24.3. The van der Waals surface area contributed by atoms with Gasteiger partial charge in [-0.3, -0.25) is 15.0 Å². The zero-order chi connectivity index (χ0) is 15.9. The van der Waals surface area contributed by atoms with Gasteiger partial charge >= 0.3 is 0 Å². The van der Waals surface area contributed by atoms with E-state index in [2.05, 4.69) is 20.4 Å². The van der Waals surface area contributed by atoms with E-state index >= 15 is 0 Å². The lowest BCUT2D eigenvalue weighted by Crippen LogP contribution is -2.30. The number of nitrogens with zero attached hydrogens (tertiary/aromatic N) is 3. The summed E-state index contributed by atoms with van der Waals surface area (Å²) in [6, 6.07) is 1.95. The second-order valence-electron chi connectivity index (χ2n) is 5.80. The second kappa shape index (κ2) is 5.73. The molecule has 3 rings (SSSR count). The molecule has 0 bridgehead atoms. The number of amides is 1. The number of aromatic nitrogens is 4.